The molecule has 1 saturated heterocycles. The predicted octanol–water partition coefficient (Wildman–Crippen LogP) is 2.05. The maximum atomic E-state index is 12.2. The van der Waals surface area contributed by atoms with Crippen LogP contribution in [0.5, 0.6) is 5.75 Å². The Morgan fingerprint density at radius 2 is 2.22 bits per heavy atom. The summed E-state index contributed by atoms with van der Waals surface area (Å²) >= 11 is 0. The van der Waals surface area contributed by atoms with Crippen molar-refractivity contribution in [2.24, 2.45) is 0 Å². The number of nitrogens with one attached hydrogen (secondary N) is 1. The number of likely N-dealkylation sites (tertiary alicyclic amines) is 1. The molecule has 0 aromatic carbocycles. The number of rotatable bonds is 4. The van der Waals surface area contributed by atoms with Gasteiger partial charge in [0.25, 0.3) is 0 Å². The second-order valence-electron chi connectivity index (χ2n) is 5.57. The lowest BCUT2D eigenvalue weighted by atomic mass is 10.3. The summed E-state index contributed by atoms with van der Waals surface area (Å²) < 4.78 is 11.3. The van der Waals surface area contributed by atoms with Crippen LogP contribution in [0.25, 0.3) is 0 Å². The van der Waals surface area contributed by atoms with E-state index in [0.29, 0.717) is 25.5 Å². The molecule has 1 aliphatic heterocycles. The van der Waals surface area contributed by atoms with E-state index in [1.54, 1.807) is 17.3 Å². The van der Waals surface area contributed by atoms with Crippen LogP contribution in [-0.2, 0) is 6.54 Å². The van der Waals surface area contributed by atoms with E-state index in [1.165, 1.54) is 0 Å². The van der Waals surface area contributed by atoms with Crippen LogP contribution >= 0.6 is 0 Å². The topological polar surface area (TPSA) is 80.5 Å². The lowest BCUT2D eigenvalue weighted by molar-refractivity contribution is 0.186. The van der Waals surface area contributed by atoms with Crippen LogP contribution in [0.3, 0.4) is 0 Å². The van der Waals surface area contributed by atoms with Gasteiger partial charge in [-0.1, -0.05) is 0 Å². The van der Waals surface area contributed by atoms with Crippen molar-refractivity contribution in [2.75, 3.05) is 13.1 Å². The van der Waals surface area contributed by atoms with Gasteiger partial charge in [0.2, 0.25) is 5.89 Å². The summed E-state index contributed by atoms with van der Waals surface area (Å²) in [4.78, 5) is 22.1. The molecule has 7 nitrogen and oxygen atoms in total. The van der Waals surface area contributed by atoms with Crippen LogP contribution in [0.15, 0.2) is 28.9 Å². The Kier molecular flexibility index (Phi) is 4.45. The number of ether oxygens (including phenoxy) is 1. The monoisotopic (exact) mass is 316 g/mol. The van der Waals surface area contributed by atoms with Crippen molar-refractivity contribution in [1.29, 1.82) is 0 Å². The maximum Gasteiger partial charge on any atom is 0.317 e. The highest BCUT2D eigenvalue weighted by atomic mass is 16.5. The summed E-state index contributed by atoms with van der Waals surface area (Å²) in [5, 5.41) is 2.83. The molecule has 0 aliphatic carbocycles. The second-order valence-corrected chi connectivity index (χ2v) is 5.57. The van der Waals surface area contributed by atoms with Gasteiger partial charge in [-0.2, -0.15) is 0 Å². The zero-order valence-corrected chi connectivity index (χ0v) is 13.3. The molecule has 1 atom stereocenters. The molecule has 2 aromatic heterocycles. The Morgan fingerprint density at radius 3 is 2.91 bits per heavy atom. The van der Waals surface area contributed by atoms with E-state index in [1.807, 2.05) is 26.0 Å². The summed E-state index contributed by atoms with van der Waals surface area (Å²) in [6.45, 7) is 5.27. The highest BCUT2D eigenvalue weighted by molar-refractivity contribution is 5.74. The third-order valence-electron chi connectivity index (χ3n) is 3.85. The van der Waals surface area contributed by atoms with Crippen LogP contribution in [0, 0.1) is 13.8 Å². The van der Waals surface area contributed by atoms with Gasteiger partial charge in [0, 0.05) is 25.4 Å². The Hall–Kier alpha value is -2.57. The van der Waals surface area contributed by atoms with Crippen molar-refractivity contribution >= 4 is 6.03 Å². The number of aryl methyl sites for hydroxylation is 2. The fourth-order valence-corrected chi connectivity index (χ4v) is 2.50. The summed E-state index contributed by atoms with van der Waals surface area (Å²) in [6, 6.07) is 3.51. The third kappa shape index (κ3) is 3.80. The van der Waals surface area contributed by atoms with Crippen molar-refractivity contribution in [1.82, 2.24) is 20.2 Å². The van der Waals surface area contributed by atoms with Crippen LogP contribution in [0.4, 0.5) is 4.79 Å². The first kappa shape index (κ1) is 15.3. The van der Waals surface area contributed by atoms with Gasteiger partial charge in [-0.15, -0.1) is 0 Å². The van der Waals surface area contributed by atoms with Crippen molar-refractivity contribution < 1.29 is 13.9 Å². The highest BCUT2D eigenvalue weighted by Gasteiger charge is 2.27. The van der Waals surface area contributed by atoms with E-state index in [9.17, 15) is 4.79 Å². The number of nitrogens with zero attached hydrogens (tertiary/aromatic N) is 3. The molecule has 1 fully saturated rings. The molecule has 0 radical (unpaired) electrons. The van der Waals surface area contributed by atoms with Gasteiger partial charge in [-0.05, 0) is 26.0 Å². The molecule has 0 spiro atoms. The number of pyridine rings is 1. The molecule has 7 heteroatoms. The van der Waals surface area contributed by atoms with Crippen molar-refractivity contribution in [3.63, 3.8) is 0 Å². The Labute approximate surface area is 134 Å². The summed E-state index contributed by atoms with van der Waals surface area (Å²) in [5.41, 5.74) is 0.848. The Morgan fingerprint density at radius 1 is 1.43 bits per heavy atom. The number of carbonyl (C=O) groups excluding carboxylic acids is 1. The molecular formula is C16H20N4O3. The number of urea groups is 1. The lowest BCUT2D eigenvalue weighted by Gasteiger charge is -2.17. The first-order valence-corrected chi connectivity index (χ1v) is 7.64. The summed E-state index contributed by atoms with van der Waals surface area (Å²) in [7, 11) is 0. The largest absolute Gasteiger partial charge is 0.488 e. The van der Waals surface area contributed by atoms with E-state index >= 15 is 0 Å². The zero-order valence-electron chi connectivity index (χ0n) is 13.3. The number of oxazole rings is 1. The first-order chi connectivity index (χ1) is 11.1. The SMILES string of the molecule is Cc1nc(CNC(=O)N2CCC(Oc3ccncc3)C2)oc1C. The fourth-order valence-electron chi connectivity index (χ4n) is 2.50. The van der Waals surface area contributed by atoms with Crippen molar-refractivity contribution in [3.05, 3.63) is 41.9 Å². The van der Waals surface area contributed by atoms with Gasteiger partial charge in [-0.25, -0.2) is 9.78 Å². The molecule has 1 unspecified atom stereocenters. The fraction of sp³-hybridized carbons (Fsp3) is 0.438. The normalized spacial score (nSPS) is 17.3. The molecule has 1 aliphatic rings. The van der Waals surface area contributed by atoms with Crippen LogP contribution < -0.4 is 10.1 Å². The molecule has 0 saturated carbocycles. The Balaban J connectivity index is 1.47. The van der Waals surface area contributed by atoms with E-state index in [2.05, 4.69) is 15.3 Å². The van der Waals surface area contributed by atoms with Crippen LogP contribution in [0.2, 0.25) is 0 Å². The number of hydrogen-bond donors (Lipinski definition) is 1. The smallest absolute Gasteiger partial charge is 0.317 e. The van der Waals surface area contributed by atoms with Gasteiger partial charge >= 0.3 is 6.03 Å². The van der Waals surface area contributed by atoms with Crippen molar-refractivity contribution in [3.8, 4) is 5.75 Å². The minimum Gasteiger partial charge on any atom is -0.488 e. The number of amides is 2. The van der Waals surface area contributed by atoms with E-state index in [-0.39, 0.29) is 12.1 Å². The average Bonchev–Trinajstić information content (AvgIpc) is 3.13. The van der Waals surface area contributed by atoms with Gasteiger partial charge in [0.05, 0.1) is 18.8 Å². The van der Waals surface area contributed by atoms with E-state index in [0.717, 1.165) is 23.6 Å². The van der Waals surface area contributed by atoms with E-state index in [4.69, 9.17) is 9.15 Å². The maximum absolute atomic E-state index is 12.2. The molecule has 3 heterocycles. The summed E-state index contributed by atoms with van der Waals surface area (Å²) in [5.74, 6) is 2.08. The van der Waals surface area contributed by atoms with Gasteiger partial charge in [0.1, 0.15) is 17.6 Å². The zero-order chi connectivity index (χ0) is 16.2. The van der Waals surface area contributed by atoms with Crippen LogP contribution in [-0.4, -0.2) is 40.1 Å². The van der Waals surface area contributed by atoms with Gasteiger partial charge in [-0.3, -0.25) is 4.98 Å². The van der Waals surface area contributed by atoms with Crippen molar-refractivity contribution in [2.45, 2.75) is 32.9 Å². The average molecular weight is 316 g/mol. The highest BCUT2D eigenvalue weighted by Crippen LogP contribution is 2.17. The lowest BCUT2D eigenvalue weighted by Crippen LogP contribution is -2.39. The molecule has 2 aromatic rings. The minimum atomic E-state index is -0.126. The minimum absolute atomic E-state index is 0.00868. The molecule has 1 N–H and O–H groups in total. The molecular weight excluding hydrogens is 296 g/mol. The number of hydrogen-bond acceptors (Lipinski definition) is 5. The van der Waals surface area contributed by atoms with E-state index < -0.39 is 0 Å². The first-order valence-electron chi connectivity index (χ1n) is 7.64. The third-order valence-corrected chi connectivity index (χ3v) is 3.85. The Bertz CT molecular complexity index is 652. The second kappa shape index (κ2) is 6.68. The number of aromatic nitrogens is 2. The number of carbonyl (C=O) groups is 1. The molecule has 23 heavy (non-hydrogen) atoms. The molecule has 122 valence electrons. The predicted molar refractivity (Wildman–Crippen MR) is 83.1 cm³/mol. The van der Waals surface area contributed by atoms with Gasteiger partial charge < -0.3 is 19.4 Å². The molecule has 3 rings (SSSR count). The molecule has 0 bridgehead atoms. The quantitative estimate of drug-likeness (QED) is 0.933. The standard InChI is InChI=1S/C16H20N4O3/c1-11-12(2)22-15(19-11)9-18-16(21)20-8-5-14(10-20)23-13-3-6-17-7-4-13/h3-4,6-7,14H,5,8-10H2,1-2H3,(H,18,21). The van der Waals surface area contributed by atoms with Gasteiger partial charge in [0.15, 0.2) is 0 Å². The molecule has 2 amide bonds. The summed E-state index contributed by atoms with van der Waals surface area (Å²) in [6.07, 6.45) is 4.20. The van der Waals surface area contributed by atoms with Crippen LogP contribution in [0.1, 0.15) is 23.8 Å².